The number of carbonyl (C=O) groups is 1. The van der Waals surface area contributed by atoms with Gasteiger partial charge in [-0.2, -0.15) is 0 Å². The van der Waals surface area contributed by atoms with E-state index in [4.69, 9.17) is 26.2 Å². The van der Waals surface area contributed by atoms with E-state index in [0.29, 0.717) is 49.1 Å². The van der Waals surface area contributed by atoms with Gasteiger partial charge < -0.3 is 24.6 Å². The smallest absolute Gasteiger partial charge is 0.317 e. The van der Waals surface area contributed by atoms with Crippen LogP contribution in [0.3, 0.4) is 0 Å². The van der Waals surface area contributed by atoms with E-state index in [0.717, 1.165) is 52.1 Å². The number of fused-ring (bicyclic) bond motifs is 1. The molecular weight excluding hydrogens is 540 g/mol. The van der Waals surface area contributed by atoms with Crippen molar-refractivity contribution in [3.05, 3.63) is 75.3 Å². The lowest BCUT2D eigenvalue weighted by atomic mass is 9.93. The van der Waals surface area contributed by atoms with Crippen molar-refractivity contribution in [1.82, 2.24) is 9.80 Å². The molecule has 8 heteroatoms. The average molecular weight is 579 g/mol. The van der Waals surface area contributed by atoms with Gasteiger partial charge in [-0.25, -0.2) is 0 Å². The minimum Gasteiger partial charge on any atom is -0.507 e. The lowest BCUT2D eigenvalue weighted by Crippen LogP contribution is -2.35. The second-order valence-corrected chi connectivity index (χ2v) is 11.5. The number of nitrogens with zero attached hydrogens (tertiary/aromatic N) is 2. The summed E-state index contributed by atoms with van der Waals surface area (Å²) in [6, 6.07) is 14.0. The highest BCUT2D eigenvalue weighted by molar-refractivity contribution is 6.33. The van der Waals surface area contributed by atoms with Crippen molar-refractivity contribution in [2.24, 2.45) is 0 Å². The zero-order valence-corrected chi connectivity index (χ0v) is 24.7. The van der Waals surface area contributed by atoms with Gasteiger partial charge in [-0.1, -0.05) is 41.9 Å². The number of benzene rings is 3. The van der Waals surface area contributed by atoms with E-state index in [-0.39, 0.29) is 12.3 Å². The van der Waals surface area contributed by atoms with Crippen molar-refractivity contribution in [2.45, 2.75) is 52.7 Å². The molecule has 0 unspecified atom stereocenters. The molecule has 1 saturated heterocycles. The zero-order chi connectivity index (χ0) is 28.9. The SMILES string of the molecule is Cc1c(COc2cc(O)c3c(c2Cl)CCN(CC(=O)O)C3)cccc1-c1cccc(OCCCN2CCCC2)c1C. The predicted molar refractivity (Wildman–Crippen MR) is 161 cm³/mol. The second kappa shape index (κ2) is 13.1. The number of carboxylic acid groups (broad SMARTS) is 1. The first-order chi connectivity index (χ1) is 19.8. The average Bonchev–Trinajstić information content (AvgIpc) is 3.47. The van der Waals surface area contributed by atoms with Crippen LogP contribution in [0.25, 0.3) is 11.1 Å². The highest BCUT2D eigenvalue weighted by atomic mass is 35.5. The standard InChI is InChI=1S/C33H39ClN2O5/c1-22-24(21-41-31-18-29(37)28-19-36(20-32(38)39)16-12-27(28)33(31)34)8-5-9-25(22)26-10-6-11-30(23(26)2)40-17-7-15-35-13-3-4-14-35/h5-6,8-11,18,37H,3-4,7,12-17,19-21H2,1-2H3,(H,38,39). The Morgan fingerprint density at radius 3 is 2.41 bits per heavy atom. The number of hydrogen-bond acceptors (Lipinski definition) is 6. The molecule has 218 valence electrons. The summed E-state index contributed by atoms with van der Waals surface area (Å²) in [5.74, 6) is 0.537. The molecule has 7 nitrogen and oxygen atoms in total. The molecule has 2 N–H and O–H groups in total. The summed E-state index contributed by atoms with van der Waals surface area (Å²) in [6.07, 6.45) is 4.19. The van der Waals surface area contributed by atoms with Gasteiger partial charge in [0.2, 0.25) is 0 Å². The Hall–Kier alpha value is -3.26. The largest absolute Gasteiger partial charge is 0.507 e. The van der Waals surface area contributed by atoms with Crippen molar-refractivity contribution in [3.63, 3.8) is 0 Å². The molecular formula is C33H39ClN2O5. The monoisotopic (exact) mass is 578 g/mol. The van der Waals surface area contributed by atoms with Crippen LogP contribution in [0, 0.1) is 13.8 Å². The van der Waals surface area contributed by atoms with E-state index in [2.05, 4.69) is 30.9 Å². The molecule has 3 aromatic carbocycles. The molecule has 0 spiro atoms. The molecule has 0 aromatic heterocycles. The summed E-state index contributed by atoms with van der Waals surface area (Å²) in [6.45, 7) is 9.56. The molecule has 0 bridgehead atoms. The van der Waals surface area contributed by atoms with Gasteiger partial charge in [0.1, 0.15) is 23.9 Å². The van der Waals surface area contributed by atoms with Crippen molar-refractivity contribution < 1.29 is 24.5 Å². The van der Waals surface area contributed by atoms with Gasteiger partial charge in [0, 0.05) is 31.3 Å². The van der Waals surface area contributed by atoms with Gasteiger partial charge in [0.25, 0.3) is 0 Å². The Bertz CT molecular complexity index is 1400. The molecule has 0 amide bonds. The number of phenolic OH excluding ortho intramolecular Hbond substituents is 1. The first kappa shape index (κ1) is 29.2. The van der Waals surface area contributed by atoms with E-state index in [1.165, 1.54) is 25.9 Å². The first-order valence-electron chi connectivity index (χ1n) is 14.5. The van der Waals surface area contributed by atoms with Crippen LogP contribution in [0.1, 0.15) is 47.1 Å². The molecule has 0 radical (unpaired) electrons. The summed E-state index contributed by atoms with van der Waals surface area (Å²) in [4.78, 5) is 15.4. The molecule has 1 fully saturated rings. The lowest BCUT2D eigenvalue weighted by molar-refractivity contribution is -0.138. The first-order valence-corrected chi connectivity index (χ1v) is 14.8. The highest BCUT2D eigenvalue weighted by Gasteiger charge is 2.25. The van der Waals surface area contributed by atoms with E-state index in [9.17, 15) is 9.90 Å². The second-order valence-electron chi connectivity index (χ2n) is 11.1. The highest BCUT2D eigenvalue weighted by Crippen LogP contribution is 2.40. The van der Waals surface area contributed by atoms with E-state index >= 15 is 0 Å². The fourth-order valence-electron chi connectivity index (χ4n) is 5.98. The molecule has 0 saturated carbocycles. The maximum absolute atomic E-state index is 11.1. The number of phenols is 1. The summed E-state index contributed by atoms with van der Waals surface area (Å²) in [7, 11) is 0. The Labute approximate surface area is 247 Å². The molecule has 2 aliphatic heterocycles. The third-order valence-corrected chi connectivity index (χ3v) is 8.73. The molecule has 5 rings (SSSR count). The molecule has 0 aliphatic carbocycles. The van der Waals surface area contributed by atoms with Gasteiger partial charge >= 0.3 is 5.97 Å². The van der Waals surface area contributed by atoms with Gasteiger partial charge in [-0.05, 0) is 92.1 Å². The number of carboxylic acids is 1. The Morgan fingerprint density at radius 2 is 1.66 bits per heavy atom. The Balaban J connectivity index is 1.28. The third kappa shape index (κ3) is 6.80. The molecule has 2 heterocycles. The van der Waals surface area contributed by atoms with Gasteiger partial charge in [-0.3, -0.25) is 9.69 Å². The van der Waals surface area contributed by atoms with Crippen LogP contribution >= 0.6 is 11.6 Å². The van der Waals surface area contributed by atoms with Crippen molar-refractivity contribution in [1.29, 1.82) is 0 Å². The number of hydrogen-bond donors (Lipinski definition) is 2. The predicted octanol–water partition coefficient (Wildman–Crippen LogP) is 6.22. The van der Waals surface area contributed by atoms with Crippen LogP contribution in [-0.4, -0.2) is 65.3 Å². The maximum Gasteiger partial charge on any atom is 0.317 e. The number of aromatic hydroxyl groups is 1. The zero-order valence-electron chi connectivity index (χ0n) is 23.9. The summed E-state index contributed by atoms with van der Waals surface area (Å²) in [5.41, 5.74) is 7.02. The summed E-state index contributed by atoms with van der Waals surface area (Å²) in [5, 5.41) is 20.3. The number of rotatable bonds is 11. The van der Waals surface area contributed by atoms with Crippen molar-refractivity contribution in [2.75, 3.05) is 39.3 Å². The third-order valence-electron chi connectivity index (χ3n) is 8.32. The number of aliphatic carboxylic acids is 1. The van der Waals surface area contributed by atoms with Gasteiger partial charge in [0.05, 0.1) is 18.2 Å². The molecule has 0 atom stereocenters. The van der Waals surface area contributed by atoms with Crippen molar-refractivity contribution >= 4 is 17.6 Å². The van der Waals surface area contributed by atoms with E-state index in [1.807, 2.05) is 24.3 Å². The fraction of sp³-hybridized carbons (Fsp3) is 0.424. The molecule has 41 heavy (non-hydrogen) atoms. The van der Waals surface area contributed by atoms with Crippen LogP contribution in [0.2, 0.25) is 5.02 Å². The molecule has 3 aromatic rings. The topological polar surface area (TPSA) is 82.5 Å². The van der Waals surface area contributed by atoms with Gasteiger partial charge in [-0.15, -0.1) is 0 Å². The fourth-order valence-corrected chi connectivity index (χ4v) is 6.30. The summed E-state index contributed by atoms with van der Waals surface area (Å²) < 4.78 is 12.4. The van der Waals surface area contributed by atoms with Crippen LogP contribution in [-0.2, 0) is 24.4 Å². The van der Waals surface area contributed by atoms with Crippen molar-refractivity contribution in [3.8, 4) is 28.4 Å². The Kier molecular flexibility index (Phi) is 9.38. The molecule has 2 aliphatic rings. The van der Waals surface area contributed by atoms with Crippen LogP contribution in [0.15, 0.2) is 42.5 Å². The maximum atomic E-state index is 11.1. The van der Waals surface area contributed by atoms with Crippen LogP contribution in [0.5, 0.6) is 17.2 Å². The number of likely N-dealkylation sites (tertiary alicyclic amines) is 1. The van der Waals surface area contributed by atoms with Crippen LogP contribution in [0.4, 0.5) is 0 Å². The van der Waals surface area contributed by atoms with Gasteiger partial charge in [0.15, 0.2) is 0 Å². The van der Waals surface area contributed by atoms with Crippen LogP contribution < -0.4 is 9.47 Å². The quantitative estimate of drug-likeness (QED) is 0.262. The number of halogens is 1. The minimum absolute atomic E-state index is 0.0718. The van der Waals surface area contributed by atoms with E-state index < -0.39 is 5.97 Å². The minimum atomic E-state index is -0.890. The van der Waals surface area contributed by atoms with E-state index in [1.54, 1.807) is 11.0 Å². The number of ether oxygens (including phenoxy) is 2. The summed E-state index contributed by atoms with van der Waals surface area (Å²) >= 11 is 6.72. The lowest BCUT2D eigenvalue weighted by Gasteiger charge is -2.29. The Morgan fingerprint density at radius 1 is 0.927 bits per heavy atom. The normalized spacial score (nSPS) is 15.6.